The maximum Gasteiger partial charge on any atom is 0.325 e. The molecule has 1 N–H and O–H groups in total. The molecule has 0 aromatic carbocycles. The Balaban J connectivity index is 4.14. The van der Waals surface area contributed by atoms with Crippen molar-refractivity contribution in [1.29, 1.82) is 0 Å². The van der Waals surface area contributed by atoms with Gasteiger partial charge in [-0.25, -0.2) is 0 Å². The molecule has 0 heterocycles. The number of ether oxygens (including phenoxy) is 2. The van der Waals surface area contributed by atoms with Crippen LogP contribution < -0.4 is 5.32 Å². The van der Waals surface area contributed by atoms with Crippen LogP contribution in [0.15, 0.2) is 0 Å². The van der Waals surface area contributed by atoms with Gasteiger partial charge in [-0.1, -0.05) is 20.8 Å². The van der Waals surface area contributed by atoms with E-state index in [0.29, 0.717) is 13.2 Å². The van der Waals surface area contributed by atoms with Crippen LogP contribution in [0.2, 0.25) is 0 Å². The van der Waals surface area contributed by atoms with E-state index in [1.165, 1.54) is 0 Å². The van der Waals surface area contributed by atoms with Crippen LogP contribution in [0.1, 0.15) is 41.0 Å². The summed E-state index contributed by atoms with van der Waals surface area (Å²) in [6.45, 7) is 10.6. The summed E-state index contributed by atoms with van der Waals surface area (Å²) in [6.07, 6.45) is 1.11. The van der Waals surface area contributed by atoms with Gasteiger partial charge in [-0.3, -0.25) is 4.79 Å². The third kappa shape index (κ3) is 6.80. The van der Waals surface area contributed by atoms with Crippen molar-refractivity contribution in [2.24, 2.45) is 0 Å². The first-order chi connectivity index (χ1) is 7.51. The molecule has 0 bridgehead atoms. The lowest BCUT2D eigenvalue weighted by Gasteiger charge is -2.21. The summed E-state index contributed by atoms with van der Waals surface area (Å²) in [4.78, 5) is 11.6. The molecule has 0 radical (unpaired) electrons. The Bertz CT molecular complexity index is 195. The van der Waals surface area contributed by atoms with Gasteiger partial charge in [0, 0.05) is 6.04 Å². The van der Waals surface area contributed by atoms with E-state index in [4.69, 9.17) is 9.47 Å². The SMILES string of the molecule is CCOC(=O)C(COC(C)CC)NC(C)C. The van der Waals surface area contributed by atoms with E-state index in [2.05, 4.69) is 12.2 Å². The molecular formula is C12H25NO3. The van der Waals surface area contributed by atoms with Crippen molar-refractivity contribution in [3.63, 3.8) is 0 Å². The maximum atomic E-state index is 11.6. The summed E-state index contributed by atoms with van der Waals surface area (Å²) in [7, 11) is 0. The number of nitrogens with one attached hydrogen (secondary N) is 1. The highest BCUT2D eigenvalue weighted by Crippen LogP contribution is 2.00. The van der Waals surface area contributed by atoms with Gasteiger partial charge in [0.05, 0.1) is 19.3 Å². The second kappa shape index (κ2) is 8.53. The molecule has 0 fully saturated rings. The lowest BCUT2D eigenvalue weighted by molar-refractivity contribution is -0.148. The summed E-state index contributed by atoms with van der Waals surface area (Å²) in [5, 5.41) is 3.14. The Morgan fingerprint density at radius 3 is 2.31 bits per heavy atom. The molecule has 0 rings (SSSR count). The first kappa shape index (κ1) is 15.4. The molecule has 0 aromatic heterocycles. The molecule has 4 heteroatoms. The zero-order valence-corrected chi connectivity index (χ0v) is 11.1. The lowest BCUT2D eigenvalue weighted by atomic mass is 10.2. The van der Waals surface area contributed by atoms with Crippen molar-refractivity contribution in [2.75, 3.05) is 13.2 Å². The minimum absolute atomic E-state index is 0.172. The first-order valence-electron chi connectivity index (χ1n) is 6.05. The van der Waals surface area contributed by atoms with Crippen LogP contribution in [-0.4, -0.2) is 37.4 Å². The summed E-state index contributed by atoms with van der Waals surface area (Å²) in [6, 6.07) is -0.135. The zero-order chi connectivity index (χ0) is 12.6. The van der Waals surface area contributed by atoms with Crippen molar-refractivity contribution < 1.29 is 14.3 Å². The quantitative estimate of drug-likeness (QED) is 0.646. The van der Waals surface area contributed by atoms with E-state index in [1.807, 2.05) is 20.8 Å². The third-order valence-corrected chi connectivity index (χ3v) is 2.23. The van der Waals surface area contributed by atoms with Crippen molar-refractivity contribution in [3.05, 3.63) is 0 Å². The molecule has 0 amide bonds. The summed E-state index contributed by atoms with van der Waals surface area (Å²) >= 11 is 0. The lowest BCUT2D eigenvalue weighted by Crippen LogP contribution is -2.45. The van der Waals surface area contributed by atoms with Gasteiger partial charge in [-0.2, -0.15) is 0 Å². The van der Waals surface area contributed by atoms with Crippen molar-refractivity contribution in [2.45, 2.75) is 59.2 Å². The van der Waals surface area contributed by atoms with Crippen LogP contribution in [-0.2, 0) is 14.3 Å². The van der Waals surface area contributed by atoms with Gasteiger partial charge in [-0.05, 0) is 20.3 Å². The van der Waals surface area contributed by atoms with Crippen LogP contribution in [0.5, 0.6) is 0 Å². The van der Waals surface area contributed by atoms with Gasteiger partial charge in [0.2, 0.25) is 0 Å². The van der Waals surface area contributed by atoms with Crippen LogP contribution >= 0.6 is 0 Å². The summed E-state index contributed by atoms with van der Waals surface area (Å²) in [5.74, 6) is -0.237. The predicted octanol–water partition coefficient (Wildman–Crippen LogP) is 1.73. The Morgan fingerprint density at radius 1 is 1.25 bits per heavy atom. The monoisotopic (exact) mass is 231 g/mol. The Hall–Kier alpha value is -0.610. The molecular weight excluding hydrogens is 206 g/mol. The Morgan fingerprint density at radius 2 is 1.88 bits per heavy atom. The van der Waals surface area contributed by atoms with Crippen LogP contribution in [0.25, 0.3) is 0 Å². The minimum atomic E-state index is -0.367. The van der Waals surface area contributed by atoms with Gasteiger partial charge in [0.15, 0.2) is 0 Å². The molecule has 2 atom stereocenters. The van der Waals surface area contributed by atoms with Gasteiger partial charge in [0.1, 0.15) is 6.04 Å². The fourth-order valence-electron chi connectivity index (χ4n) is 1.21. The maximum absolute atomic E-state index is 11.6. The van der Waals surface area contributed by atoms with Crippen molar-refractivity contribution in [1.82, 2.24) is 5.32 Å². The molecule has 2 unspecified atom stereocenters. The molecule has 0 spiro atoms. The molecule has 0 aliphatic heterocycles. The largest absolute Gasteiger partial charge is 0.465 e. The molecule has 4 nitrogen and oxygen atoms in total. The smallest absolute Gasteiger partial charge is 0.325 e. The number of carbonyl (C=O) groups is 1. The molecule has 0 aromatic rings. The Kier molecular flexibility index (Phi) is 8.21. The fourth-order valence-corrected chi connectivity index (χ4v) is 1.21. The van der Waals surface area contributed by atoms with E-state index in [9.17, 15) is 4.79 Å². The van der Waals surface area contributed by atoms with Crippen LogP contribution in [0.4, 0.5) is 0 Å². The normalized spacial score (nSPS) is 14.9. The predicted molar refractivity (Wildman–Crippen MR) is 64.4 cm³/mol. The molecule has 96 valence electrons. The first-order valence-corrected chi connectivity index (χ1v) is 6.05. The highest BCUT2D eigenvalue weighted by atomic mass is 16.5. The molecule has 0 aliphatic rings. The van der Waals surface area contributed by atoms with E-state index in [-0.39, 0.29) is 24.2 Å². The standard InChI is InChI=1S/C12H25NO3/c1-6-10(5)16-8-11(13-9(3)4)12(14)15-7-2/h9-11,13H,6-8H2,1-5H3. The topological polar surface area (TPSA) is 47.6 Å². The third-order valence-electron chi connectivity index (χ3n) is 2.23. The van der Waals surface area contributed by atoms with Crippen molar-refractivity contribution >= 4 is 5.97 Å². The van der Waals surface area contributed by atoms with Gasteiger partial charge in [-0.15, -0.1) is 0 Å². The van der Waals surface area contributed by atoms with E-state index < -0.39 is 0 Å². The fraction of sp³-hybridized carbons (Fsp3) is 0.917. The van der Waals surface area contributed by atoms with Gasteiger partial charge < -0.3 is 14.8 Å². The number of hydrogen-bond donors (Lipinski definition) is 1. The van der Waals surface area contributed by atoms with E-state index in [1.54, 1.807) is 6.92 Å². The second-order valence-corrected chi connectivity index (χ2v) is 4.18. The number of hydrogen-bond acceptors (Lipinski definition) is 4. The molecule has 16 heavy (non-hydrogen) atoms. The van der Waals surface area contributed by atoms with E-state index in [0.717, 1.165) is 6.42 Å². The number of esters is 1. The minimum Gasteiger partial charge on any atom is -0.465 e. The molecule has 0 saturated heterocycles. The van der Waals surface area contributed by atoms with Gasteiger partial charge in [0.25, 0.3) is 0 Å². The van der Waals surface area contributed by atoms with E-state index >= 15 is 0 Å². The van der Waals surface area contributed by atoms with Crippen LogP contribution in [0.3, 0.4) is 0 Å². The van der Waals surface area contributed by atoms with Crippen molar-refractivity contribution in [3.8, 4) is 0 Å². The summed E-state index contributed by atoms with van der Waals surface area (Å²) < 4.78 is 10.5. The number of rotatable bonds is 8. The Labute approximate surface area is 98.7 Å². The summed E-state index contributed by atoms with van der Waals surface area (Å²) in [5.41, 5.74) is 0. The molecule has 0 aliphatic carbocycles. The number of carbonyl (C=O) groups excluding carboxylic acids is 1. The average molecular weight is 231 g/mol. The van der Waals surface area contributed by atoms with Gasteiger partial charge >= 0.3 is 5.97 Å². The van der Waals surface area contributed by atoms with Crippen LogP contribution in [0, 0.1) is 0 Å². The highest BCUT2D eigenvalue weighted by molar-refractivity contribution is 5.75. The molecule has 0 saturated carbocycles. The average Bonchev–Trinajstić information content (AvgIpc) is 2.23. The zero-order valence-electron chi connectivity index (χ0n) is 11.1. The second-order valence-electron chi connectivity index (χ2n) is 4.18. The highest BCUT2D eigenvalue weighted by Gasteiger charge is 2.21.